The molecule has 0 unspecified atom stereocenters. The van der Waals surface area contributed by atoms with Gasteiger partial charge in [0, 0.05) is 0 Å². The molecule has 0 bridgehead atoms. The summed E-state index contributed by atoms with van der Waals surface area (Å²) in [7, 11) is 1.30. The van der Waals surface area contributed by atoms with Gasteiger partial charge in [0.2, 0.25) is 5.91 Å². The molecule has 0 atom stereocenters. The van der Waals surface area contributed by atoms with Gasteiger partial charge in [0.1, 0.15) is 0 Å². The maximum absolute atomic E-state index is 12.0. The molecule has 1 N–H and O–H groups in total. The van der Waals surface area contributed by atoms with Gasteiger partial charge >= 0.3 is 5.97 Å². The second-order valence-electron chi connectivity index (χ2n) is 4.17. The molecule has 0 aliphatic carbocycles. The summed E-state index contributed by atoms with van der Waals surface area (Å²) in [6, 6.07) is 2.92. The molecule has 1 rings (SSSR count). The van der Waals surface area contributed by atoms with Gasteiger partial charge in [0.25, 0.3) is 0 Å². The van der Waals surface area contributed by atoms with E-state index in [4.69, 9.17) is 34.8 Å². The smallest absolute Gasteiger partial charge is 0.319 e. The van der Waals surface area contributed by atoms with Gasteiger partial charge in [-0.3, -0.25) is 14.5 Å². The van der Waals surface area contributed by atoms with Crippen molar-refractivity contribution in [2.24, 2.45) is 0 Å². The van der Waals surface area contributed by atoms with Crippen molar-refractivity contribution >= 4 is 52.4 Å². The van der Waals surface area contributed by atoms with Gasteiger partial charge in [0.15, 0.2) is 0 Å². The highest BCUT2D eigenvalue weighted by Gasteiger charge is 2.15. The Hall–Kier alpha value is -1.01. The Morgan fingerprint density at radius 3 is 2.33 bits per heavy atom. The highest BCUT2D eigenvalue weighted by Crippen LogP contribution is 2.32. The van der Waals surface area contributed by atoms with Crippen molar-refractivity contribution in [3.63, 3.8) is 0 Å². The Kier molecular flexibility index (Phi) is 7.25. The van der Waals surface area contributed by atoms with Crippen LogP contribution in [0.5, 0.6) is 0 Å². The largest absolute Gasteiger partial charge is 0.468 e. The van der Waals surface area contributed by atoms with Crippen LogP contribution in [0.15, 0.2) is 12.1 Å². The number of carbonyl (C=O) groups excluding carboxylic acids is 2. The zero-order chi connectivity index (χ0) is 16.0. The van der Waals surface area contributed by atoms with Crippen LogP contribution in [0.2, 0.25) is 15.1 Å². The highest BCUT2D eigenvalue weighted by molar-refractivity contribution is 6.44. The highest BCUT2D eigenvalue weighted by atomic mass is 35.5. The van der Waals surface area contributed by atoms with E-state index in [1.165, 1.54) is 19.2 Å². The number of nitrogens with zero attached hydrogens (tertiary/aromatic N) is 1. The number of ether oxygens (including phenoxy) is 1. The molecule has 0 fully saturated rings. The van der Waals surface area contributed by atoms with E-state index in [0.29, 0.717) is 22.3 Å². The molecule has 1 amide bonds. The number of esters is 1. The monoisotopic (exact) mass is 352 g/mol. The van der Waals surface area contributed by atoms with E-state index in [1.54, 1.807) is 4.90 Å². The van der Waals surface area contributed by atoms with Crippen molar-refractivity contribution in [2.45, 2.75) is 6.92 Å². The number of hydrogen-bond donors (Lipinski definition) is 1. The lowest BCUT2D eigenvalue weighted by atomic mass is 10.3. The van der Waals surface area contributed by atoms with Gasteiger partial charge in [-0.15, -0.1) is 0 Å². The minimum atomic E-state index is -0.405. The molecule has 8 heteroatoms. The molecule has 0 spiro atoms. The van der Waals surface area contributed by atoms with E-state index in [9.17, 15) is 9.59 Å². The Bertz CT molecular complexity index is 538. The summed E-state index contributed by atoms with van der Waals surface area (Å²) in [5.41, 5.74) is 0.366. The third-order valence-electron chi connectivity index (χ3n) is 2.68. The molecule has 5 nitrogen and oxygen atoms in total. The summed E-state index contributed by atoms with van der Waals surface area (Å²) in [6.45, 7) is 2.43. The molecule has 1 aromatic carbocycles. The Labute approximate surface area is 138 Å². The quantitative estimate of drug-likeness (QED) is 0.631. The number of carbonyl (C=O) groups is 2. The fraction of sp³-hybridized carbons (Fsp3) is 0.385. The van der Waals surface area contributed by atoms with Gasteiger partial charge in [-0.2, -0.15) is 0 Å². The number of methoxy groups -OCH3 is 1. The Morgan fingerprint density at radius 1 is 1.14 bits per heavy atom. The van der Waals surface area contributed by atoms with Crippen molar-refractivity contribution in [1.29, 1.82) is 0 Å². The normalized spacial score (nSPS) is 10.6. The Morgan fingerprint density at radius 2 is 1.76 bits per heavy atom. The van der Waals surface area contributed by atoms with Crippen molar-refractivity contribution in [3.05, 3.63) is 27.2 Å². The molecule has 0 aliphatic rings. The summed E-state index contributed by atoms with van der Waals surface area (Å²) < 4.78 is 4.56. The summed E-state index contributed by atoms with van der Waals surface area (Å²) in [4.78, 5) is 24.8. The number of amides is 1. The molecule has 0 radical (unpaired) electrons. The maximum atomic E-state index is 12.0. The second-order valence-corrected chi connectivity index (χ2v) is 5.40. The first-order valence-corrected chi connectivity index (χ1v) is 7.24. The van der Waals surface area contributed by atoms with Gasteiger partial charge in [-0.05, 0) is 18.7 Å². The average molecular weight is 354 g/mol. The first-order chi connectivity index (χ1) is 9.87. The predicted octanol–water partition coefficient (Wildman–Crippen LogP) is 3.08. The van der Waals surface area contributed by atoms with Crippen LogP contribution in [-0.2, 0) is 14.3 Å². The van der Waals surface area contributed by atoms with Gasteiger partial charge in [-0.1, -0.05) is 41.7 Å². The number of nitrogens with one attached hydrogen (secondary N) is 1. The predicted molar refractivity (Wildman–Crippen MR) is 84.2 cm³/mol. The Balaban J connectivity index is 2.68. The zero-order valence-corrected chi connectivity index (χ0v) is 13.8. The number of likely N-dealkylation sites (N-methyl/N-ethyl adjacent to an activating group) is 1. The number of benzene rings is 1. The second kappa shape index (κ2) is 8.44. The first-order valence-electron chi connectivity index (χ1n) is 6.11. The van der Waals surface area contributed by atoms with Crippen molar-refractivity contribution < 1.29 is 14.3 Å². The van der Waals surface area contributed by atoms with Crippen LogP contribution >= 0.6 is 34.8 Å². The fourth-order valence-electron chi connectivity index (χ4n) is 1.54. The maximum Gasteiger partial charge on any atom is 0.319 e. The van der Waals surface area contributed by atoms with Gasteiger partial charge in [-0.25, -0.2) is 0 Å². The van der Waals surface area contributed by atoms with E-state index >= 15 is 0 Å². The molecule has 21 heavy (non-hydrogen) atoms. The van der Waals surface area contributed by atoms with Crippen LogP contribution in [0.25, 0.3) is 0 Å². The van der Waals surface area contributed by atoms with Crippen molar-refractivity contribution in [2.75, 3.05) is 32.1 Å². The van der Waals surface area contributed by atoms with Crippen molar-refractivity contribution in [1.82, 2.24) is 4.90 Å². The third kappa shape index (κ3) is 5.71. The fourth-order valence-corrected chi connectivity index (χ4v) is 2.13. The lowest BCUT2D eigenvalue weighted by molar-refractivity contribution is -0.142. The molecular weight excluding hydrogens is 339 g/mol. The van der Waals surface area contributed by atoms with Crippen LogP contribution < -0.4 is 5.32 Å². The summed E-state index contributed by atoms with van der Waals surface area (Å²) in [5, 5.41) is 3.51. The van der Waals surface area contributed by atoms with Crippen LogP contribution in [0.3, 0.4) is 0 Å². The van der Waals surface area contributed by atoms with Gasteiger partial charge < -0.3 is 10.1 Å². The molecule has 116 valence electrons. The number of hydrogen-bond acceptors (Lipinski definition) is 4. The number of anilines is 1. The first kappa shape index (κ1) is 18.0. The standard InChI is InChI=1S/C13H15Cl3N2O3/c1-3-18(7-13(20)21-2)6-12(19)17-11-5-9(15)8(14)4-10(11)16/h4-5H,3,6-7H2,1-2H3,(H,17,19). The zero-order valence-electron chi connectivity index (χ0n) is 11.6. The molecule has 1 aromatic rings. The van der Waals surface area contributed by atoms with Crippen LogP contribution in [0, 0.1) is 0 Å². The van der Waals surface area contributed by atoms with Crippen molar-refractivity contribution in [3.8, 4) is 0 Å². The summed E-state index contributed by atoms with van der Waals surface area (Å²) >= 11 is 17.7. The SMILES string of the molecule is CCN(CC(=O)Nc1cc(Cl)c(Cl)cc1Cl)CC(=O)OC. The molecule has 0 saturated carbocycles. The molecule has 0 aromatic heterocycles. The lowest BCUT2D eigenvalue weighted by Gasteiger charge is -2.18. The molecular formula is C13H15Cl3N2O3. The van der Waals surface area contributed by atoms with Crippen LogP contribution in [0.4, 0.5) is 5.69 Å². The average Bonchev–Trinajstić information content (AvgIpc) is 2.43. The molecule has 0 saturated heterocycles. The third-order valence-corrected chi connectivity index (χ3v) is 3.71. The number of halogens is 3. The van der Waals surface area contributed by atoms with E-state index in [2.05, 4.69) is 10.1 Å². The van der Waals surface area contributed by atoms with Crippen LogP contribution in [0.1, 0.15) is 6.92 Å². The van der Waals surface area contributed by atoms with E-state index < -0.39 is 5.97 Å². The molecule has 0 aliphatic heterocycles. The van der Waals surface area contributed by atoms with Gasteiger partial charge in [0.05, 0.1) is 41.0 Å². The van der Waals surface area contributed by atoms with Crippen LogP contribution in [-0.4, -0.2) is 43.5 Å². The van der Waals surface area contributed by atoms with E-state index in [1.807, 2.05) is 6.92 Å². The summed E-state index contributed by atoms with van der Waals surface area (Å²) in [5.74, 6) is -0.724. The van der Waals surface area contributed by atoms with E-state index in [-0.39, 0.29) is 24.0 Å². The summed E-state index contributed by atoms with van der Waals surface area (Å²) in [6.07, 6.45) is 0. The minimum Gasteiger partial charge on any atom is -0.468 e. The van der Waals surface area contributed by atoms with E-state index in [0.717, 1.165) is 0 Å². The topological polar surface area (TPSA) is 58.6 Å². The minimum absolute atomic E-state index is 0.0299. The number of rotatable bonds is 6. The molecule has 0 heterocycles. The lowest BCUT2D eigenvalue weighted by Crippen LogP contribution is -2.37.